The Bertz CT molecular complexity index is 1070. The van der Waals surface area contributed by atoms with Crippen LogP contribution >= 0.6 is 35.4 Å². The van der Waals surface area contributed by atoms with E-state index < -0.39 is 18.2 Å². The van der Waals surface area contributed by atoms with E-state index in [-0.39, 0.29) is 21.3 Å². The Balaban J connectivity index is 0.000000858. The number of rotatable bonds is 3. The zero-order valence-electron chi connectivity index (χ0n) is 15.6. The van der Waals surface area contributed by atoms with Crippen molar-refractivity contribution < 1.29 is 18.0 Å². The highest BCUT2D eigenvalue weighted by Gasteiger charge is 2.62. The number of halogens is 5. The van der Waals surface area contributed by atoms with Gasteiger partial charge in [0, 0.05) is 22.0 Å². The average molecular weight is 488 g/mol. The summed E-state index contributed by atoms with van der Waals surface area (Å²) in [5, 5.41) is 11.5. The van der Waals surface area contributed by atoms with E-state index in [2.05, 4.69) is 33.4 Å². The first-order chi connectivity index (χ1) is 14.7. The summed E-state index contributed by atoms with van der Waals surface area (Å²) < 4.78 is 43.5. The molecular weight excluding hydrogens is 474 g/mol. The summed E-state index contributed by atoms with van der Waals surface area (Å²) in [6, 6.07) is 10.4. The van der Waals surface area contributed by atoms with Gasteiger partial charge in [0.15, 0.2) is 0 Å². The fraction of sp³-hybridized carbons (Fsp3) is 0.158. The molecule has 1 atom stereocenters. The van der Waals surface area contributed by atoms with Gasteiger partial charge in [0.1, 0.15) is 0 Å². The Hall–Kier alpha value is -2.69. The molecule has 0 radical (unpaired) electrons. The molecule has 1 aromatic heterocycles. The fourth-order valence-electron chi connectivity index (χ4n) is 3.00. The summed E-state index contributed by atoms with van der Waals surface area (Å²) in [4.78, 5) is 4.99. The molecule has 2 N–H and O–H groups in total. The molecule has 1 aliphatic heterocycles. The lowest BCUT2D eigenvalue weighted by Gasteiger charge is -2.29. The van der Waals surface area contributed by atoms with Crippen LogP contribution in [0.3, 0.4) is 0 Å². The Morgan fingerprint density at radius 2 is 1.74 bits per heavy atom. The third-order valence-corrected chi connectivity index (χ3v) is 4.84. The molecule has 0 amide bonds. The van der Waals surface area contributed by atoms with Crippen LogP contribution in [-0.2, 0) is 10.4 Å². The van der Waals surface area contributed by atoms with E-state index in [0.717, 1.165) is 5.49 Å². The maximum absolute atomic E-state index is 14.0. The highest BCUT2D eigenvalue weighted by Crippen LogP contribution is 2.49. The Labute approximate surface area is 190 Å². The number of oxime groups is 1. The Morgan fingerprint density at radius 1 is 1.13 bits per heavy atom. The van der Waals surface area contributed by atoms with Crippen LogP contribution in [0, 0.1) is 0 Å². The summed E-state index contributed by atoms with van der Waals surface area (Å²) in [6.45, 7) is 0. The molecule has 1 unspecified atom stereocenters. The zero-order valence-corrected chi connectivity index (χ0v) is 17.9. The zero-order chi connectivity index (χ0) is 22.6. The van der Waals surface area contributed by atoms with Gasteiger partial charge in [0.2, 0.25) is 0 Å². The van der Waals surface area contributed by atoms with E-state index >= 15 is 0 Å². The number of hydrogen-bond acceptors (Lipinski definition) is 5. The number of nitrogens with two attached hydrogens (primary N) is 1. The van der Waals surface area contributed by atoms with Gasteiger partial charge in [-0.25, -0.2) is 4.68 Å². The molecule has 2 heterocycles. The second kappa shape index (κ2) is 9.21. The van der Waals surface area contributed by atoms with Crippen molar-refractivity contribution in [1.29, 1.82) is 0 Å². The first-order valence-electron chi connectivity index (χ1n) is 8.61. The summed E-state index contributed by atoms with van der Waals surface area (Å²) in [5.41, 5.74) is 4.15. The van der Waals surface area contributed by atoms with Crippen molar-refractivity contribution in [2.24, 2.45) is 10.9 Å². The topological polar surface area (TPSA) is 78.3 Å². The van der Waals surface area contributed by atoms with Gasteiger partial charge in [0.05, 0.1) is 29.3 Å². The van der Waals surface area contributed by atoms with Gasteiger partial charge in [-0.1, -0.05) is 57.9 Å². The van der Waals surface area contributed by atoms with Gasteiger partial charge < -0.3 is 10.6 Å². The largest absolute Gasteiger partial charge is 0.435 e. The Morgan fingerprint density at radius 3 is 2.26 bits per heavy atom. The molecule has 6 nitrogen and oxygen atoms in total. The smallest absolute Gasteiger partial charge is 0.396 e. The quantitative estimate of drug-likeness (QED) is 0.522. The number of thiocarbonyl (C=S) groups is 1. The first kappa shape index (κ1) is 23.0. The van der Waals surface area contributed by atoms with Crippen LogP contribution in [0.5, 0.6) is 0 Å². The molecule has 0 saturated heterocycles. The molecule has 4 rings (SSSR count). The minimum absolute atomic E-state index is 0.0837. The Kier molecular flexibility index (Phi) is 6.83. The maximum Gasteiger partial charge on any atom is 0.435 e. The van der Waals surface area contributed by atoms with Crippen molar-refractivity contribution in [3.63, 3.8) is 0 Å². The standard InChI is InChI=1S/C18H11Cl2F3N4O.CH3NS/c19-13-7-12(8-14(20)9-13)17(18(21,22)23)10-16(25-28-17)11-1-3-15(4-2-11)27-6-5-24-26-27;2-1-3/h1-9H,10H2;1H,(H2,2,3). The third-order valence-electron chi connectivity index (χ3n) is 4.40. The monoisotopic (exact) mass is 487 g/mol. The van der Waals surface area contributed by atoms with Crippen molar-refractivity contribution >= 4 is 46.6 Å². The van der Waals surface area contributed by atoms with Crippen molar-refractivity contribution in [3.05, 3.63) is 76.0 Å². The normalized spacial score (nSPS) is 17.9. The number of alkyl halides is 3. The van der Waals surface area contributed by atoms with E-state index in [1.54, 1.807) is 30.5 Å². The van der Waals surface area contributed by atoms with Crippen molar-refractivity contribution in [1.82, 2.24) is 15.0 Å². The molecule has 0 saturated carbocycles. The molecule has 162 valence electrons. The summed E-state index contributed by atoms with van der Waals surface area (Å²) >= 11 is 15.9. The second-order valence-electron chi connectivity index (χ2n) is 6.32. The van der Waals surface area contributed by atoms with Gasteiger partial charge in [-0.05, 0) is 35.9 Å². The molecule has 1 aliphatic rings. The van der Waals surface area contributed by atoms with E-state index in [1.807, 2.05) is 0 Å². The van der Waals surface area contributed by atoms with E-state index in [4.69, 9.17) is 28.0 Å². The SMILES string of the molecule is FC(F)(F)C1(c2cc(Cl)cc(Cl)c2)CC(c2ccc(-n3ccnn3)cc2)=NO1.NC=S. The highest BCUT2D eigenvalue weighted by molar-refractivity contribution is 7.78. The van der Waals surface area contributed by atoms with Crippen LogP contribution in [0.4, 0.5) is 13.2 Å². The van der Waals surface area contributed by atoms with Gasteiger partial charge in [0.25, 0.3) is 5.60 Å². The lowest BCUT2D eigenvalue weighted by atomic mass is 9.86. The van der Waals surface area contributed by atoms with Crippen LogP contribution in [-0.4, -0.2) is 32.4 Å². The predicted octanol–water partition coefficient (Wildman–Crippen LogP) is 5.06. The maximum atomic E-state index is 14.0. The molecule has 0 fully saturated rings. The van der Waals surface area contributed by atoms with Crippen LogP contribution in [0.2, 0.25) is 10.0 Å². The molecule has 0 bridgehead atoms. The van der Waals surface area contributed by atoms with Gasteiger partial charge in [-0.15, -0.1) is 5.10 Å². The van der Waals surface area contributed by atoms with E-state index in [0.29, 0.717) is 11.3 Å². The molecule has 12 heteroatoms. The third kappa shape index (κ3) is 4.81. The van der Waals surface area contributed by atoms with Gasteiger partial charge in [-0.2, -0.15) is 13.2 Å². The number of benzene rings is 2. The minimum Gasteiger partial charge on any atom is -0.396 e. The molecular formula is C19H14Cl2F3N5OS. The van der Waals surface area contributed by atoms with Crippen LogP contribution in [0.15, 0.2) is 60.0 Å². The molecule has 3 aromatic rings. The lowest BCUT2D eigenvalue weighted by Crippen LogP contribution is -2.42. The molecule has 2 aromatic carbocycles. The van der Waals surface area contributed by atoms with Crippen molar-refractivity contribution in [2.75, 3.05) is 0 Å². The van der Waals surface area contributed by atoms with Gasteiger partial charge in [-0.3, -0.25) is 0 Å². The number of hydrogen-bond donors (Lipinski definition) is 1. The lowest BCUT2D eigenvalue weighted by molar-refractivity contribution is -0.275. The summed E-state index contributed by atoms with van der Waals surface area (Å²) in [7, 11) is 0. The molecule has 0 spiro atoms. The number of nitrogens with zero attached hydrogens (tertiary/aromatic N) is 4. The van der Waals surface area contributed by atoms with Crippen LogP contribution < -0.4 is 5.73 Å². The first-order valence-corrected chi connectivity index (χ1v) is 9.84. The highest BCUT2D eigenvalue weighted by atomic mass is 35.5. The average Bonchev–Trinajstić information content (AvgIpc) is 3.39. The predicted molar refractivity (Wildman–Crippen MR) is 116 cm³/mol. The second-order valence-corrected chi connectivity index (χ2v) is 7.46. The van der Waals surface area contributed by atoms with E-state index in [1.165, 1.54) is 29.1 Å². The van der Waals surface area contributed by atoms with E-state index in [9.17, 15) is 13.2 Å². The van der Waals surface area contributed by atoms with Gasteiger partial charge >= 0.3 is 6.18 Å². The number of aromatic nitrogens is 3. The van der Waals surface area contributed by atoms with Crippen molar-refractivity contribution in [2.45, 2.75) is 18.2 Å². The van der Waals surface area contributed by atoms with Crippen LogP contribution in [0.25, 0.3) is 5.69 Å². The van der Waals surface area contributed by atoms with Crippen LogP contribution in [0.1, 0.15) is 17.5 Å². The minimum atomic E-state index is -4.73. The van der Waals surface area contributed by atoms with Crippen molar-refractivity contribution in [3.8, 4) is 5.69 Å². The summed E-state index contributed by atoms with van der Waals surface area (Å²) in [6.07, 6.45) is -2.05. The summed E-state index contributed by atoms with van der Waals surface area (Å²) in [5.74, 6) is 0. The molecule has 31 heavy (non-hydrogen) atoms. The molecule has 0 aliphatic carbocycles. The fourth-order valence-corrected chi connectivity index (χ4v) is 3.52.